The SMILES string of the molecule is COc1ccc(N(C)C2CNCCC2C)cc1. The summed E-state index contributed by atoms with van der Waals surface area (Å²) in [4.78, 5) is 2.37. The maximum atomic E-state index is 5.18. The average molecular weight is 234 g/mol. The molecule has 1 saturated heterocycles. The lowest BCUT2D eigenvalue weighted by Gasteiger charge is -2.38. The standard InChI is InChI=1S/C14H22N2O/c1-11-8-9-15-10-14(11)16(2)12-4-6-13(17-3)7-5-12/h4-7,11,14-15H,8-10H2,1-3H3. The normalized spacial score (nSPS) is 24.4. The van der Waals surface area contributed by atoms with E-state index in [-0.39, 0.29) is 0 Å². The molecule has 2 rings (SSSR count). The number of likely N-dealkylation sites (N-methyl/N-ethyl adjacent to an activating group) is 1. The molecule has 1 heterocycles. The molecular formula is C14H22N2O. The Morgan fingerprint density at radius 2 is 2.00 bits per heavy atom. The molecule has 3 heteroatoms. The van der Waals surface area contributed by atoms with Gasteiger partial charge in [0.2, 0.25) is 0 Å². The molecule has 1 N–H and O–H groups in total. The average Bonchev–Trinajstić information content (AvgIpc) is 2.39. The number of ether oxygens (including phenoxy) is 1. The van der Waals surface area contributed by atoms with Gasteiger partial charge in [0.05, 0.1) is 7.11 Å². The number of hydrogen-bond acceptors (Lipinski definition) is 3. The van der Waals surface area contributed by atoms with Crippen LogP contribution in [0.15, 0.2) is 24.3 Å². The number of nitrogens with one attached hydrogen (secondary N) is 1. The van der Waals surface area contributed by atoms with Gasteiger partial charge in [0, 0.05) is 25.3 Å². The van der Waals surface area contributed by atoms with Crippen LogP contribution in [0.2, 0.25) is 0 Å². The highest BCUT2D eigenvalue weighted by Crippen LogP contribution is 2.24. The third-order valence-corrected chi connectivity index (χ3v) is 3.76. The second-order valence-electron chi connectivity index (χ2n) is 4.85. The van der Waals surface area contributed by atoms with Gasteiger partial charge in [-0.05, 0) is 43.1 Å². The summed E-state index contributed by atoms with van der Waals surface area (Å²) in [6.07, 6.45) is 1.26. The Balaban J connectivity index is 2.09. The zero-order valence-corrected chi connectivity index (χ0v) is 10.9. The van der Waals surface area contributed by atoms with Crippen molar-refractivity contribution in [1.82, 2.24) is 5.32 Å². The van der Waals surface area contributed by atoms with E-state index in [0.717, 1.165) is 24.8 Å². The second-order valence-corrected chi connectivity index (χ2v) is 4.85. The minimum absolute atomic E-state index is 0.581. The molecule has 0 bridgehead atoms. The van der Waals surface area contributed by atoms with E-state index in [1.807, 2.05) is 12.1 Å². The number of anilines is 1. The maximum Gasteiger partial charge on any atom is 0.119 e. The van der Waals surface area contributed by atoms with Crippen LogP contribution < -0.4 is 15.0 Å². The van der Waals surface area contributed by atoms with Crippen LogP contribution in [0.1, 0.15) is 13.3 Å². The smallest absolute Gasteiger partial charge is 0.119 e. The molecule has 2 unspecified atom stereocenters. The van der Waals surface area contributed by atoms with Gasteiger partial charge in [-0.25, -0.2) is 0 Å². The van der Waals surface area contributed by atoms with Crippen LogP contribution in [0.25, 0.3) is 0 Å². The molecule has 1 fully saturated rings. The molecule has 0 aliphatic carbocycles. The Bertz CT molecular complexity index is 350. The van der Waals surface area contributed by atoms with Gasteiger partial charge in [0.15, 0.2) is 0 Å². The van der Waals surface area contributed by atoms with Crippen molar-refractivity contribution < 1.29 is 4.74 Å². The highest BCUT2D eigenvalue weighted by Gasteiger charge is 2.24. The highest BCUT2D eigenvalue weighted by molar-refractivity contribution is 5.49. The topological polar surface area (TPSA) is 24.5 Å². The highest BCUT2D eigenvalue weighted by atomic mass is 16.5. The third kappa shape index (κ3) is 2.72. The number of benzene rings is 1. The summed E-state index contributed by atoms with van der Waals surface area (Å²) >= 11 is 0. The number of piperidine rings is 1. The summed E-state index contributed by atoms with van der Waals surface area (Å²) in [6.45, 7) is 4.56. The van der Waals surface area contributed by atoms with Crippen molar-refractivity contribution in [3.05, 3.63) is 24.3 Å². The van der Waals surface area contributed by atoms with Gasteiger partial charge in [-0.2, -0.15) is 0 Å². The first kappa shape index (κ1) is 12.2. The third-order valence-electron chi connectivity index (χ3n) is 3.76. The number of methoxy groups -OCH3 is 1. The molecule has 17 heavy (non-hydrogen) atoms. The number of rotatable bonds is 3. The summed E-state index contributed by atoms with van der Waals surface area (Å²) in [5.41, 5.74) is 1.26. The Labute approximate surface area is 104 Å². The van der Waals surface area contributed by atoms with E-state index in [1.54, 1.807) is 7.11 Å². The Morgan fingerprint density at radius 1 is 1.29 bits per heavy atom. The Morgan fingerprint density at radius 3 is 2.59 bits per heavy atom. The van der Waals surface area contributed by atoms with E-state index in [2.05, 4.69) is 36.3 Å². The van der Waals surface area contributed by atoms with Crippen molar-refractivity contribution in [2.45, 2.75) is 19.4 Å². The Hall–Kier alpha value is -1.22. The molecular weight excluding hydrogens is 212 g/mol. The molecule has 1 aliphatic heterocycles. The first-order valence-corrected chi connectivity index (χ1v) is 6.30. The van der Waals surface area contributed by atoms with Crippen molar-refractivity contribution in [1.29, 1.82) is 0 Å². The lowest BCUT2D eigenvalue weighted by atomic mass is 9.93. The van der Waals surface area contributed by atoms with E-state index < -0.39 is 0 Å². The van der Waals surface area contributed by atoms with Crippen molar-refractivity contribution in [3.63, 3.8) is 0 Å². The van der Waals surface area contributed by atoms with Crippen LogP contribution >= 0.6 is 0 Å². The van der Waals surface area contributed by atoms with E-state index in [9.17, 15) is 0 Å². The molecule has 1 aromatic rings. The molecule has 0 aromatic heterocycles. The van der Waals surface area contributed by atoms with E-state index in [4.69, 9.17) is 4.74 Å². The zero-order valence-electron chi connectivity index (χ0n) is 10.9. The summed E-state index contributed by atoms with van der Waals surface area (Å²) in [5.74, 6) is 1.65. The molecule has 0 amide bonds. The molecule has 0 radical (unpaired) electrons. The molecule has 0 spiro atoms. The number of hydrogen-bond donors (Lipinski definition) is 1. The first-order valence-electron chi connectivity index (χ1n) is 6.30. The molecule has 94 valence electrons. The van der Waals surface area contributed by atoms with Gasteiger partial charge in [0.1, 0.15) is 5.75 Å². The summed E-state index contributed by atoms with van der Waals surface area (Å²) in [5, 5.41) is 3.47. The van der Waals surface area contributed by atoms with Gasteiger partial charge in [0.25, 0.3) is 0 Å². The van der Waals surface area contributed by atoms with Crippen molar-refractivity contribution in [2.24, 2.45) is 5.92 Å². The molecule has 1 aliphatic rings. The monoisotopic (exact) mass is 234 g/mol. The minimum atomic E-state index is 0.581. The first-order chi connectivity index (χ1) is 8.22. The second kappa shape index (κ2) is 5.41. The molecule has 0 saturated carbocycles. The quantitative estimate of drug-likeness (QED) is 0.867. The zero-order chi connectivity index (χ0) is 12.3. The lowest BCUT2D eigenvalue weighted by molar-refractivity contribution is 0.338. The summed E-state index contributed by atoms with van der Waals surface area (Å²) in [6, 6.07) is 8.87. The van der Waals surface area contributed by atoms with E-state index in [0.29, 0.717) is 6.04 Å². The largest absolute Gasteiger partial charge is 0.497 e. The van der Waals surface area contributed by atoms with Gasteiger partial charge < -0.3 is 15.0 Å². The van der Waals surface area contributed by atoms with Crippen LogP contribution in [-0.2, 0) is 0 Å². The maximum absolute atomic E-state index is 5.18. The van der Waals surface area contributed by atoms with Crippen LogP contribution in [0.3, 0.4) is 0 Å². The molecule has 2 atom stereocenters. The summed E-state index contributed by atoms with van der Waals surface area (Å²) in [7, 11) is 3.88. The van der Waals surface area contributed by atoms with Gasteiger partial charge in [-0.15, -0.1) is 0 Å². The van der Waals surface area contributed by atoms with Crippen molar-refractivity contribution in [2.75, 3.05) is 32.1 Å². The Kier molecular flexibility index (Phi) is 3.89. The van der Waals surface area contributed by atoms with Gasteiger partial charge in [-0.3, -0.25) is 0 Å². The van der Waals surface area contributed by atoms with Crippen molar-refractivity contribution >= 4 is 5.69 Å². The summed E-state index contributed by atoms with van der Waals surface area (Å²) < 4.78 is 5.18. The molecule has 3 nitrogen and oxygen atoms in total. The fraction of sp³-hybridized carbons (Fsp3) is 0.571. The van der Waals surface area contributed by atoms with Crippen LogP contribution in [0.5, 0.6) is 5.75 Å². The van der Waals surface area contributed by atoms with E-state index in [1.165, 1.54) is 12.1 Å². The van der Waals surface area contributed by atoms with E-state index >= 15 is 0 Å². The molecule has 1 aromatic carbocycles. The van der Waals surface area contributed by atoms with Crippen LogP contribution in [0.4, 0.5) is 5.69 Å². The van der Waals surface area contributed by atoms with Gasteiger partial charge >= 0.3 is 0 Å². The predicted octanol–water partition coefficient (Wildman–Crippen LogP) is 2.13. The number of nitrogens with zero attached hydrogens (tertiary/aromatic N) is 1. The fourth-order valence-corrected chi connectivity index (χ4v) is 2.50. The van der Waals surface area contributed by atoms with Crippen molar-refractivity contribution in [3.8, 4) is 5.75 Å². The minimum Gasteiger partial charge on any atom is -0.497 e. The van der Waals surface area contributed by atoms with Crippen LogP contribution in [0, 0.1) is 5.92 Å². The predicted molar refractivity (Wildman–Crippen MR) is 71.8 cm³/mol. The lowest BCUT2D eigenvalue weighted by Crippen LogP contribution is -2.49. The van der Waals surface area contributed by atoms with Gasteiger partial charge in [-0.1, -0.05) is 6.92 Å². The van der Waals surface area contributed by atoms with Crippen LogP contribution in [-0.4, -0.2) is 33.3 Å². The fourth-order valence-electron chi connectivity index (χ4n) is 2.50.